The summed E-state index contributed by atoms with van der Waals surface area (Å²) < 4.78 is 0. The first-order valence-corrected chi connectivity index (χ1v) is 6.21. The number of nitrogens with one attached hydrogen (secondary N) is 1. The van der Waals surface area contributed by atoms with Crippen molar-refractivity contribution in [2.24, 2.45) is 0 Å². The summed E-state index contributed by atoms with van der Waals surface area (Å²) in [4.78, 5) is 11.5. The normalized spacial score (nSPS) is 12.2. The van der Waals surface area contributed by atoms with E-state index in [0.29, 0.717) is 6.42 Å². The van der Waals surface area contributed by atoms with Crippen molar-refractivity contribution in [2.45, 2.75) is 39.2 Å². The first kappa shape index (κ1) is 13.7. The van der Waals surface area contributed by atoms with Crippen LogP contribution in [0.4, 0.5) is 5.69 Å². The molecule has 3 heteroatoms. The monoisotopic (exact) mass is 235 g/mol. The second kappa shape index (κ2) is 7.07. The van der Waals surface area contributed by atoms with Gasteiger partial charge in [0.25, 0.3) is 0 Å². The molecule has 0 aliphatic carbocycles. The highest BCUT2D eigenvalue weighted by atomic mass is 16.3. The van der Waals surface area contributed by atoms with Crippen LogP contribution in [0.1, 0.15) is 43.5 Å². The maximum absolute atomic E-state index is 11.5. The van der Waals surface area contributed by atoms with Gasteiger partial charge in [0.15, 0.2) is 5.78 Å². The fourth-order valence-corrected chi connectivity index (χ4v) is 1.73. The van der Waals surface area contributed by atoms with E-state index in [4.69, 9.17) is 5.11 Å². The predicted octanol–water partition coefficient (Wildman–Crippen LogP) is 2.85. The molecule has 1 aromatic carbocycles. The zero-order chi connectivity index (χ0) is 12.7. The lowest BCUT2D eigenvalue weighted by Gasteiger charge is -2.17. The number of benzene rings is 1. The number of Topliss-reactive ketones (excluding diaryl/α,β-unsaturated/α-hetero) is 1. The number of anilines is 1. The highest BCUT2D eigenvalue weighted by molar-refractivity contribution is 5.96. The number of aliphatic hydroxyl groups is 1. The molecule has 2 N–H and O–H groups in total. The summed E-state index contributed by atoms with van der Waals surface area (Å²) in [5.41, 5.74) is 1.76. The first-order valence-electron chi connectivity index (χ1n) is 6.21. The summed E-state index contributed by atoms with van der Waals surface area (Å²) in [6, 6.07) is 7.82. The number of rotatable bonds is 7. The fraction of sp³-hybridized carbons (Fsp3) is 0.500. The van der Waals surface area contributed by atoms with Crippen LogP contribution in [0.25, 0.3) is 0 Å². The van der Waals surface area contributed by atoms with Crippen molar-refractivity contribution >= 4 is 11.5 Å². The zero-order valence-electron chi connectivity index (χ0n) is 10.6. The lowest BCUT2D eigenvalue weighted by molar-refractivity contribution is 0.0988. The van der Waals surface area contributed by atoms with Gasteiger partial charge in [-0.15, -0.1) is 0 Å². The Kier molecular flexibility index (Phi) is 5.70. The number of carbonyl (C=O) groups is 1. The van der Waals surface area contributed by atoms with Crippen LogP contribution in [0.3, 0.4) is 0 Å². The lowest BCUT2D eigenvalue weighted by atomic mass is 10.1. The fourth-order valence-electron chi connectivity index (χ4n) is 1.73. The smallest absolute Gasteiger partial charge is 0.162 e. The quantitative estimate of drug-likeness (QED) is 0.714. The van der Waals surface area contributed by atoms with E-state index in [9.17, 15) is 4.79 Å². The third-order valence-corrected chi connectivity index (χ3v) is 2.87. The van der Waals surface area contributed by atoms with E-state index in [1.54, 1.807) is 0 Å². The van der Waals surface area contributed by atoms with Gasteiger partial charge in [0.2, 0.25) is 0 Å². The molecule has 17 heavy (non-hydrogen) atoms. The second-order valence-electron chi connectivity index (χ2n) is 4.12. The topological polar surface area (TPSA) is 49.3 Å². The molecular weight excluding hydrogens is 214 g/mol. The third-order valence-electron chi connectivity index (χ3n) is 2.87. The molecule has 0 radical (unpaired) electrons. The van der Waals surface area contributed by atoms with Crippen molar-refractivity contribution in [3.63, 3.8) is 0 Å². The van der Waals surface area contributed by atoms with Gasteiger partial charge in [-0.05, 0) is 37.1 Å². The summed E-state index contributed by atoms with van der Waals surface area (Å²) in [6.07, 6.45) is 2.25. The van der Waals surface area contributed by atoms with Crippen molar-refractivity contribution in [3.05, 3.63) is 29.8 Å². The first-order chi connectivity index (χ1) is 8.21. The van der Waals surface area contributed by atoms with Crippen molar-refractivity contribution in [1.29, 1.82) is 0 Å². The van der Waals surface area contributed by atoms with Crippen LogP contribution in [0.5, 0.6) is 0 Å². The second-order valence-corrected chi connectivity index (χ2v) is 4.12. The van der Waals surface area contributed by atoms with Gasteiger partial charge in [-0.3, -0.25) is 4.79 Å². The minimum Gasteiger partial charge on any atom is -0.396 e. The molecule has 0 bridgehead atoms. The number of hydrogen-bond acceptors (Lipinski definition) is 3. The Balaban J connectivity index is 2.64. The molecule has 0 spiro atoms. The summed E-state index contributed by atoms with van der Waals surface area (Å²) in [7, 11) is 0. The van der Waals surface area contributed by atoms with Gasteiger partial charge in [-0.25, -0.2) is 0 Å². The zero-order valence-corrected chi connectivity index (χ0v) is 10.6. The molecule has 0 heterocycles. The van der Waals surface area contributed by atoms with Crippen LogP contribution in [0.15, 0.2) is 24.3 Å². The van der Waals surface area contributed by atoms with Gasteiger partial charge in [-0.1, -0.05) is 13.8 Å². The Morgan fingerprint density at radius 2 is 1.94 bits per heavy atom. The highest BCUT2D eigenvalue weighted by Crippen LogP contribution is 2.14. The molecule has 0 aromatic heterocycles. The Bertz CT molecular complexity index is 346. The molecule has 0 fully saturated rings. The SMILES string of the molecule is CCC(=O)c1ccc(NC(CC)CCO)cc1. The molecule has 1 unspecified atom stereocenters. The number of carbonyl (C=O) groups excluding carboxylic acids is 1. The largest absolute Gasteiger partial charge is 0.396 e. The summed E-state index contributed by atoms with van der Waals surface area (Å²) in [5.74, 6) is 0.166. The van der Waals surface area contributed by atoms with Crippen LogP contribution in [-0.4, -0.2) is 23.5 Å². The Morgan fingerprint density at radius 1 is 1.29 bits per heavy atom. The molecule has 0 saturated carbocycles. The molecule has 0 saturated heterocycles. The van der Waals surface area contributed by atoms with Crippen molar-refractivity contribution in [2.75, 3.05) is 11.9 Å². The number of aliphatic hydroxyl groups excluding tert-OH is 1. The average molecular weight is 235 g/mol. The highest BCUT2D eigenvalue weighted by Gasteiger charge is 2.06. The molecular formula is C14H21NO2. The standard InChI is InChI=1S/C14H21NO2/c1-3-12(9-10-16)15-13-7-5-11(6-8-13)14(17)4-2/h5-8,12,15-16H,3-4,9-10H2,1-2H3. The van der Waals surface area contributed by atoms with Gasteiger partial charge >= 0.3 is 0 Å². The van der Waals surface area contributed by atoms with Crippen LogP contribution < -0.4 is 5.32 Å². The van der Waals surface area contributed by atoms with E-state index in [1.807, 2.05) is 31.2 Å². The van der Waals surface area contributed by atoms with E-state index in [-0.39, 0.29) is 18.4 Å². The number of ketones is 1. The molecule has 1 rings (SSSR count). The summed E-state index contributed by atoms with van der Waals surface area (Å²) in [6.45, 7) is 4.14. The Morgan fingerprint density at radius 3 is 2.41 bits per heavy atom. The van der Waals surface area contributed by atoms with Gasteiger partial charge in [0, 0.05) is 30.3 Å². The van der Waals surface area contributed by atoms with E-state index >= 15 is 0 Å². The summed E-state index contributed by atoms with van der Waals surface area (Å²) in [5, 5.41) is 12.3. The van der Waals surface area contributed by atoms with Crippen LogP contribution >= 0.6 is 0 Å². The van der Waals surface area contributed by atoms with Gasteiger partial charge in [0.1, 0.15) is 0 Å². The van der Waals surface area contributed by atoms with Crippen molar-refractivity contribution in [1.82, 2.24) is 0 Å². The van der Waals surface area contributed by atoms with E-state index < -0.39 is 0 Å². The molecule has 1 atom stereocenters. The lowest BCUT2D eigenvalue weighted by Crippen LogP contribution is -2.19. The van der Waals surface area contributed by atoms with Crippen molar-refractivity contribution < 1.29 is 9.90 Å². The molecule has 0 aliphatic heterocycles. The minimum atomic E-state index is 0.166. The molecule has 0 amide bonds. The number of hydrogen-bond donors (Lipinski definition) is 2. The van der Waals surface area contributed by atoms with E-state index in [0.717, 1.165) is 24.1 Å². The van der Waals surface area contributed by atoms with Crippen LogP contribution in [0, 0.1) is 0 Å². The minimum absolute atomic E-state index is 0.166. The van der Waals surface area contributed by atoms with Gasteiger partial charge in [-0.2, -0.15) is 0 Å². The van der Waals surface area contributed by atoms with Crippen LogP contribution in [0.2, 0.25) is 0 Å². The maximum Gasteiger partial charge on any atom is 0.162 e. The predicted molar refractivity (Wildman–Crippen MR) is 70.5 cm³/mol. The molecule has 1 aromatic rings. The average Bonchev–Trinajstić information content (AvgIpc) is 2.38. The van der Waals surface area contributed by atoms with E-state index in [2.05, 4.69) is 12.2 Å². The molecule has 0 aliphatic rings. The summed E-state index contributed by atoms with van der Waals surface area (Å²) >= 11 is 0. The van der Waals surface area contributed by atoms with Crippen LogP contribution in [-0.2, 0) is 0 Å². The Hall–Kier alpha value is -1.35. The van der Waals surface area contributed by atoms with Crippen molar-refractivity contribution in [3.8, 4) is 0 Å². The third kappa shape index (κ3) is 4.19. The molecule has 94 valence electrons. The Labute approximate surface area is 103 Å². The van der Waals surface area contributed by atoms with Gasteiger partial charge < -0.3 is 10.4 Å². The van der Waals surface area contributed by atoms with E-state index in [1.165, 1.54) is 0 Å². The molecule has 3 nitrogen and oxygen atoms in total. The van der Waals surface area contributed by atoms with Gasteiger partial charge in [0.05, 0.1) is 0 Å². The maximum atomic E-state index is 11.5.